The minimum Gasteiger partial charge on any atom is -0.307 e. The smallest absolute Gasteiger partial charge is 0.0432 e. The van der Waals surface area contributed by atoms with E-state index in [-0.39, 0.29) is 0 Å². The van der Waals surface area contributed by atoms with Crippen LogP contribution in [0.1, 0.15) is 10.4 Å². The van der Waals surface area contributed by atoms with Crippen molar-refractivity contribution >= 4 is 34.5 Å². The topological polar surface area (TPSA) is 12.0 Å². The van der Waals surface area contributed by atoms with Gasteiger partial charge in [-0.25, -0.2) is 0 Å². The van der Waals surface area contributed by atoms with Gasteiger partial charge in [0.25, 0.3) is 0 Å². The zero-order valence-corrected chi connectivity index (χ0v) is 9.64. The lowest BCUT2D eigenvalue weighted by Gasteiger charge is -2.01. The van der Waals surface area contributed by atoms with E-state index in [2.05, 4.69) is 23.7 Å². The van der Waals surface area contributed by atoms with Gasteiger partial charge in [-0.2, -0.15) is 0 Å². The Morgan fingerprint density at radius 1 is 1.69 bits per heavy atom. The van der Waals surface area contributed by atoms with Gasteiger partial charge in [0.15, 0.2) is 0 Å². The lowest BCUT2D eigenvalue weighted by molar-refractivity contribution is 0.761. The van der Waals surface area contributed by atoms with Crippen LogP contribution in [-0.2, 0) is 6.54 Å². The Hall–Kier alpha value is -0.0200. The van der Waals surface area contributed by atoms with Gasteiger partial charge in [0.1, 0.15) is 0 Å². The molecule has 0 aliphatic rings. The Morgan fingerprint density at radius 3 is 3.00 bits per heavy atom. The van der Waals surface area contributed by atoms with Crippen LogP contribution in [0, 0.1) is 6.92 Å². The van der Waals surface area contributed by atoms with Crippen LogP contribution < -0.4 is 5.32 Å². The Kier molecular flexibility index (Phi) is 4.81. The molecule has 0 aliphatic heterocycles. The average molecular weight is 236 g/mol. The van der Waals surface area contributed by atoms with E-state index in [1.165, 1.54) is 16.0 Å². The summed E-state index contributed by atoms with van der Waals surface area (Å²) < 4.78 is 0. The summed E-state index contributed by atoms with van der Waals surface area (Å²) in [5, 5.41) is 5.93. The molecule has 0 amide bonds. The molecule has 0 fully saturated rings. The van der Waals surface area contributed by atoms with Crippen molar-refractivity contribution in [1.82, 2.24) is 5.32 Å². The van der Waals surface area contributed by atoms with Crippen molar-refractivity contribution in [3.63, 3.8) is 0 Å². The van der Waals surface area contributed by atoms with E-state index in [1.807, 2.05) is 0 Å². The first-order valence-corrected chi connectivity index (χ1v) is 5.62. The van der Waals surface area contributed by atoms with Crippen LogP contribution in [0.15, 0.2) is 22.0 Å². The molecule has 72 valence electrons. The van der Waals surface area contributed by atoms with Crippen LogP contribution in [-0.4, -0.2) is 6.54 Å². The minimum absolute atomic E-state index is 0.627. The third kappa shape index (κ3) is 3.69. The van der Waals surface area contributed by atoms with Gasteiger partial charge in [0, 0.05) is 28.5 Å². The molecule has 13 heavy (non-hydrogen) atoms. The zero-order valence-electron chi connectivity index (χ0n) is 7.31. The van der Waals surface area contributed by atoms with Crippen LogP contribution in [0.25, 0.3) is 0 Å². The van der Waals surface area contributed by atoms with Crippen LogP contribution in [0.3, 0.4) is 0 Å². The number of aryl methyl sites for hydroxylation is 1. The average Bonchev–Trinajstić information content (AvgIpc) is 2.52. The Morgan fingerprint density at radius 2 is 2.46 bits per heavy atom. The van der Waals surface area contributed by atoms with E-state index < -0.39 is 0 Å². The number of thiophene rings is 1. The molecule has 0 radical (unpaired) electrons. The second-order valence-corrected chi connectivity index (χ2v) is 4.39. The first kappa shape index (κ1) is 11.1. The quantitative estimate of drug-likeness (QED) is 0.844. The molecule has 0 aromatic carbocycles. The maximum absolute atomic E-state index is 5.72. The number of halogens is 2. The SMILES string of the molecule is Cc1ccsc1CNCC(Cl)=CCl. The van der Waals surface area contributed by atoms with Crippen LogP contribution in [0.4, 0.5) is 0 Å². The molecule has 0 bridgehead atoms. The first-order valence-electron chi connectivity index (χ1n) is 3.92. The van der Waals surface area contributed by atoms with Gasteiger partial charge in [-0.15, -0.1) is 11.3 Å². The van der Waals surface area contributed by atoms with Gasteiger partial charge in [-0.1, -0.05) is 23.2 Å². The maximum Gasteiger partial charge on any atom is 0.0432 e. The number of hydrogen-bond acceptors (Lipinski definition) is 2. The molecule has 4 heteroatoms. The highest BCUT2D eigenvalue weighted by Gasteiger charge is 1.98. The lowest BCUT2D eigenvalue weighted by atomic mass is 10.3. The van der Waals surface area contributed by atoms with Gasteiger partial charge in [0.2, 0.25) is 0 Å². The van der Waals surface area contributed by atoms with E-state index in [0.29, 0.717) is 11.6 Å². The monoisotopic (exact) mass is 235 g/mol. The molecule has 0 aliphatic carbocycles. The number of hydrogen-bond donors (Lipinski definition) is 1. The van der Waals surface area contributed by atoms with Crippen LogP contribution in [0.5, 0.6) is 0 Å². The molecular weight excluding hydrogens is 225 g/mol. The maximum atomic E-state index is 5.72. The Labute approximate surface area is 92.4 Å². The van der Waals surface area contributed by atoms with Gasteiger partial charge < -0.3 is 5.32 Å². The van der Waals surface area contributed by atoms with E-state index in [1.54, 1.807) is 11.3 Å². The summed E-state index contributed by atoms with van der Waals surface area (Å²) in [6, 6.07) is 2.11. The number of rotatable bonds is 4. The Bertz CT molecular complexity index is 294. The molecule has 1 rings (SSSR count). The fraction of sp³-hybridized carbons (Fsp3) is 0.333. The predicted molar refractivity (Wildman–Crippen MR) is 60.6 cm³/mol. The van der Waals surface area contributed by atoms with Crippen LogP contribution >= 0.6 is 34.5 Å². The molecule has 0 spiro atoms. The molecule has 0 atom stereocenters. The second-order valence-electron chi connectivity index (χ2n) is 2.69. The molecule has 0 saturated heterocycles. The molecule has 1 N–H and O–H groups in total. The molecule has 1 nitrogen and oxygen atoms in total. The molecular formula is C9H11Cl2NS. The molecule has 1 aromatic rings. The van der Waals surface area contributed by atoms with Crippen LogP contribution in [0.2, 0.25) is 0 Å². The highest BCUT2D eigenvalue weighted by atomic mass is 35.5. The standard InChI is InChI=1S/C9H11Cl2NS/c1-7-2-3-13-9(7)6-12-5-8(11)4-10/h2-4,12H,5-6H2,1H3. The van der Waals surface area contributed by atoms with Gasteiger partial charge in [-0.05, 0) is 23.9 Å². The fourth-order valence-corrected chi connectivity index (χ4v) is 1.97. The summed E-state index contributed by atoms with van der Waals surface area (Å²) in [6.45, 7) is 3.58. The molecule has 1 heterocycles. The third-order valence-corrected chi connectivity index (χ3v) is 3.31. The summed E-state index contributed by atoms with van der Waals surface area (Å²) in [4.78, 5) is 1.35. The van der Waals surface area contributed by atoms with E-state index in [0.717, 1.165) is 6.54 Å². The molecule has 0 saturated carbocycles. The fourth-order valence-electron chi connectivity index (χ4n) is 0.919. The van der Waals surface area contributed by atoms with Gasteiger partial charge >= 0.3 is 0 Å². The summed E-state index contributed by atoms with van der Waals surface area (Å²) in [5.74, 6) is 0. The predicted octanol–water partition coefficient (Wildman–Crippen LogP) is 3.47. The summed E-state index contributed by atoms with van der Waals surface area (Å²) in [5.41, 5.74) is 2.71. The first-order chi connectivity index (χ1) is 6.24. The van der Waals surface area contributed by atoms with Crippen molar-refractivity contribution in [1.29, 1.82) is 0 Å². The van der Waals surface area contributed by atoms with Crippen molar-refractivity contribution in [2.24, 2.45) is 0 Å². The normalized spacial score (nSPS) is 12.1. The van der Waals surface area contributed by atoms with Crippen molar-refractivity contribution in [2.45, 2.75) is 13.5 Å². The number of nitrogens with one attached hydrogen (secondary N) is 1. The second kappa shape index (κ2) is 5.66. The summed E-state index contributed by atoms with van der Waals surface area (Å²) >= 11 is 12.9. The highest BCUT2D eigenvalue weighted by molar-refractivity contribution is 7.10. The van der Waals surface area contributed by atoms with E-state index >= 15 is 0 Å². The van der Waals surface area contributed by atoms with Crippen molar-refractivity contribution in [2.75, 3.05) is 6.54 Å². The van der Waals surface area contributed by atoms with Crippen molar-refractivity contribution in [3.05, 3.63) is 32.5 Å². The molecule has 1 aromatic heterocycles. The molecule has 0 unspecified atom stereocenters. The third-order valence-electron chi connectivity index (χ3n) is 1.67. The van der Waals surface area contributed by atoms with Gasteiger partial charge in [-0.3, -0.25) is 0 Å². The van der Waals surface area contributed by atoms with Crippen molar-refractivity contribution in [3.8, 4) is 0 Å². The summed E-state index contributed by atoms with van der Waals surface area (Å²) in [7, 11) is 0. The van der Waals surface area contributed by atoms with Gasteiger partial charge in [0.05, 0.1) is 0 Å². The van der Waals surface area contributed by atoms with E-state index in [9.17, 15) is 0 Å². The highest BCUT2D eigenvalue weighted by Crippen LogP contribution is 2.14. The Balaban J connectivity index is 2.32. The minimum atomic E-state index is 0.627. The lowest BCUT2D eigenvalue weighted by Crippen LogP contribution is -2.14. The van der Waals surface area contributed by atoms with E-state index in [4.69, 9.17) is 23.2 Å². The van der Waals surface area contributed by atoms with Crippen molar-refractivity contribution < 1.29 is 0 Å². The zero-order chi connectivity index (χ0) is 9.68. The summed E-state index contributed by atoms with van der Waals surface area (Å²) in [6.07, 6.45) is 0. The largest absolute Gasteiger partial charge is 0.307 e.